The molecular weight excluding hydrogens is 246 g/mol. The van der Waals surface area contributed by atoms with Gasteiger partial charge in [0, 0.05) is 25.3 Å². The van der Waals surface area contributed by atoms with Crippen LogP contribution in [0.4, 0.5) is 5.82 Å². The van der Waals surface area contributed by atoms with Gasteiger partial charge in [-0.1, -0.05) is 26.7 Å². The van der Waals surface area contributed by atoms with Crippen LogP contribution in [-0.4, -0.2) is 25.1 Å². The van der Waals surface area contributed by atoms with Gasteiger partial charge in [0.15, 0.2) is 0 Å². The second kappa shape index (κ2) is 7.63. The van der Waals surface area contributed by atoms with Crippen molar-refractivity contribution < 1.29 is 0 Å². The molecule has 20 heavy (non-hydrogen) atoms. The highest BCUT2D eigenvalue weighted by Gasteiger charge is 2.19. The molecule has 0 spiro atoms. The highest BCUT2D eigenvalue weighted by Crippen LogP contribution is 2.25. The van der Waals surface area contributed by atoms with Crippen LogP contribution in [0.5, 0.6) is 0 Å². The Morgan fingerprint density at radius 2 is 2.00 bits per heavy atom. The third kappa shape index (κ3) is 3.95. The molecule has 3 nitrogen and oxygen atoms in total. The van der Waals surface area contributed by atoms with Crippen LogP contribution >= 0.6 is 0 Å². The lowest BCUT2D eigenvalue weighted by atomic mass is 9.94. The molecule has 0 amide bonds. The predicted molar refractivity (Wildman–Crippen MR) is 86.2 cm³/mol. The van der Waals surface area contributed by atoms with Gasteiger partial charge in [0.2, 0.25) is 0 Å². The first-order valence-corrected chi connectivity index (χ1v) is 8.16. The normalized spacial score (nSPS) is 16.6. The highest BCUT2D eigenvalue weighted by atomic mass is 15.2. The molecule has 1 saturated heterocycles. The number of aryl methyl sites for hydroxylation is 1. The van der Waals surface area contributed by atoms with E-state index < -0.39 is 0 Å². The number of hydrogen-bond acceptors (Lipinski definition) is 3. The van der Waals surface area contributed by atoms with Gasteiger partial charge in [0.1, 0.15) is 5.82 Å². The van der Waals surface area contributed by atoms with E-state index in [1.807, 2.05) is 7.05 Å². The first kappa shape index (κ1) is 15.3. The number of piperidine rings is 1. The molecule has 1 N–H and O–H groups in total. The summed E-state index contributed by atoms with van der Waals surface area (Å²) in [6, 6.07) is 4.52. The van der Waals surface area contributed by atoms with E-state index in [-0.39, 0.29) is 0 Å². The first-order valence-electron chi connectivity index (χ1n) is 8.16. The first-order chi connectivity index (χ1) is 9.76. The fourth-order valence-corrected chi connectivity index (χ4v) is 3.06. The van der Waals surface area contributed by atoms with E-state index in [1.54, 1.807) is 0 Å². The molecule has 0 atom stereocenters. The van der Waals surface area contributed by atoms with Crippen molar-refractivity contribution in [3.05, 3.63) is 23.4 Å². The van der Waals surface area contributed by atoms with Crippen molar-refractivity contribution in [2.75, 3.05) is 25.0 Å². The number of aromatic nitrogens is 1. The molecule has 0 aromatic carbocycles. The molecule has 112 valence electrons. The van der Waals surface area contributed by atoms with Gasteiger partial charge in [-0.25, -0.2) is 4.98 Å². The summed E-state index contributed by atoms with van der Waals surface area (Å²) in [6.45, 7) is 7.79. The molecule has 0 saturated carbocycles. The molecule has 0 radical (unpaired) electrons. The second-order valence-electron chi connectivity index (χ2n) is 5.94. The summed E-state index contributed by atoms with van der Waals surface area (Å²) in [5.41, 5.74) is 2.60. The number of rotatable bonds is 6. The Labute approximate surface area is 123 Å². The van der Waals surface area contributed by atoms with Gasteiger partial charge in [0.25, 0.3) is 0 Å². The monoisotopic (exact) mass is 275 g/mol. The molecule has 1 aromatic rings. The smallest absolute Gasteiger partial charge is 0.129 e. The molecule has 3 heteroatoms. The van der Waals surface area contributed by atoms with E-state index in [0.29, 0.717) is 0 Å². The van der Waals surface area contributed by atoms with Crippen LogP contribution in [-0.2, 0) is 13.0 Å². The largest absolute Gasteiger partial charge is 0.357 e. The Balaban J connectivity index is 2.13. The Kier molecular flexibility index (Phi) is 5.84. The lowest BCUT2D eigenvalue weighted by Gasteiger charge is -2.32. The van der Waals surface area contributed by atoms with Gasteiger partial charge < -0.3 is 10.2 Å². The van der Waals surface area contributed by atoms with Crippen molar-refractivity contribution in [3.8, 4) is 0 Å². The van der Waals surface area contributed by atoms with E-state index in [1.165, 1.54) is 49.4 Å². The minimum Gasteiger partial charge on any atom is -0.357 e. The molecule has 0 aliphatic carbocycles. The molecule has 2 rings (SSSR count). The van der Waals surface area contributed by atoms with Crippen molar-refractivity contribution in [3.63, 3.8) is 0 Å². The molecular formula is C17H29N3. The summed E-state index contributed by atoms with van der Waals surface area (Å²) >= 11 is 0. The van der Waals surface area contributed by atoms with Crippen LogP contribution in [0.2, 0.25) is 0 Å². The van der Waals surface area contributed by atoms with E-state index in [0.717, 1.165) is 25.3 Å². The SMILES string of the molecule is CCCc1cc(CNC)cc(N2CCC(CC)CC2)n1. The second-order valence-corrected chi connectivity index (χ2v) is 5.94. The minimum atomic E-state index is 0.918. The lowest BCUT2D eigenvalue weighted by molar-refractivity contribution is 0.393. The fourth-order valence-electron chi connectivity index (χ4n) is 3.06. The van der Waals surface area contributed by atoms with Crippen molar-refractivity contribution in [2.45, 2.75) is 52.5 Å². The summed E-state index contributed by atoms with van der Waals surface area (Å²) in [6.07, 6.45) is 6.20. The van der Waals surface area contributed by atoms with Gasteiger partial charge in [0.05, 0.1) is 0 Å². The van der Waals surface area contributed by atoms with Crippen LogP contribution in [0.1, 0.15) is 50.8 Å². The maximum absolute atomic E-state index is 4.88. The van der Waals surface area contributed by atoms with Crippen LogP contribution in [0.15, 0.2) is 12.1 Å². The van der Waals surface area contributed by atoms with E-state index in [9.17, 15) is 0 Å². The average molecular weight is 275 g/mol. The molecule has 1 aromatic heterocycles. The van der Waals surface area contributed by atoms with E-state index in [2.05, 4.69) is 36.2 Å². The van der Waals surface area contributed by atoms with Crippen LogP contribution in [0.3, 0.4) is 0 Å². The number of hydrogen-bond donors (Lipinski definition) is 1. The zero-order valence-corrected chi connectivity index (χ0v) is 13.3. The van der Waals surface area contributed by atoms with E-state index >= 15 is 0 Å². The Morgan fingerprint density at radius 3 is 2.60 bits per heavy atom. The van der Waals surface area contributed by atoms with Gasteiger partial charge in [-0.2, -0.15) is 0 Å². The molecule has 1 aliphatic rings. The zero-order valence-electron chi connectivity index (χ0n) is 13.3. The van der Waals surface area contributed by atoms with Crippen molar-refractivity contribution in [1.29, 1.82) is 0 Å². The van der Waals surface area contributed by atoms with Crippen molar-refractivity contribution in [2.24, 2.45) is 5.92 Å². The number of nitrogens with one attached hydrogen (secondary N) is 1. The summed E-state index contributed by atoms with van der Waals surface area (Å²) in [7, 11) is 2.01. The number of pyridine rings is 1. The summed E-state index contributed by atoms with van der Waals surface area (Å²) in [5.74, 6) is 2.11. The van der Waals surface area contributed by atoms with E-state index in [4.69, 9.17) is 4.98 Å². The molecule has 1 fully saturated rings. The molecule has 0 unspecified atom stereocenters. The summed E-state index contributed by atoms with van der Waals surface area (Å²) < 4.78 is 0. The third-order valence-electron chi connectivity index (χ3n) is 4.33. The third-order valence-corrected chi connectivity index (χ3v) is 4.33. The quantitative estimate of drug-likeness (QED) is 0.862. The van der Waals surface area contributed by atoms with Crippen molar-refractivity contribution >= 4 is 5.82 Å². The zero-order chi connectivity index (χ0) is 14.4. The van der Waals surface area contributed by atoms with Crippen molar-refractivity contribution in [1.82, 2.24) is 10.3 Å². The average Bonchev–Trinajstić information content (AvgIpc) is 2.48. The van der Waals surface area contributed by atoms with Gasteiger partial charge in [-0.3, -0.25) is 0 Å². The van der Waals surface area contributed by atoms with Crippen LogP contribution in [0, 0.1) is 5.92 Å². The van der Waals surface area contributed by atoms with Crippen LogP contribution < -0.4 is 10.2 Å². The van der Waals surface area contributed by atoms with Gasteiger partial charge >= 0.3 is 0 Å². The topological polar surface area (TPSA) is 28.2 Å². The van der Waals surface area contributed by atoms with Gasteiger partial charge in [-0.05, 0) is 49.9 Å². The van der Waals surface area contributed by atoms with Gasteiger partial charge in [-0.15, -0.1) is 0 Å². The maximum Gasteiger partial charge on any atom is 0.129 e. The Bertz CT molecular complexity index is 384. The fraction of sp³-hybridized carbons (Fsp3) is 0.706. The molecule has 1 aliphatic heterocycles. The maximum atomic E-state index is 4.88. The predicted octanol–water partition coefficient (Wildman–Crippen LogP) is 3.38. The Hall–Kier alpha value is -1.09. The standard InChI is InChI=1S/C17H29N3/c1-4-6-16-11-15(13-18-3)12-17(19-16)20-9-7-14(5-2)8-10-20/h11-12,14,18H,4-10,13H2,1-3H3. The Morgan fingerprint density at radius 1 is 1.25 bits per heavy atom. The highest BCUT2D eigenvalue weighted by molar-refractivity contribution is 5.43. The van der Waals surface area contributed by atoms with Crippen LogP contribution in [0.25, 0.3) is 0 Å². The molecule has 0 bridgehead atoms. The summed E-state index contributed by atoms with van der Waals surface area (Å²) in [5, 5.41) is 3.25. The lowest BCUT2D eigenvalue weighted by Crippen LogP contribution is -2.34. The summed E-state index contributed by atoms with van der Waals surface area (Å²) in [4.78, 5) is 7.35. The number of nitrogens with zero attached hydrogens (tertiary/aromatic N) is 2. The molecule has 2 heterocycles. The number of anilines is 1. The minimum absolute atomic E-state index is 0.918.